The Morgan fingerprint density at radius 2 is 1.84 bits per heavy atom. The highest BCUT2D eigenvalue weighted by Gasteiger charge is 2.11. The van der Waals surface area contributed by atoms with Crippen molar-refractivity contribution in [1.82, 2.24) is 0 Å². The number of ether oxygens (including phenoxy) is 2. The lowest BCUT2D eigenvalue weighted by Gasteiger charge is -2.17. The summed E-state index contributed by atoms with van der Waals surface area (Å²) in [7, 11) is 0. The first-order chi connectivity index (χ1) is 9.40. The van der Waals surface area contributed by atoms with Crippen molar-refractivity contribution in [2.75, 3.05) is 13.2 Å². The Kier molecular flexibility index (Phi) is 5.45. The zero-order valence-electron chi connectivity index (χ0n) is 11.2. The number of hydrogen-bond acceptors (Lipinski definition) is 2. The summed E-state index contributed by atoms with van der Waals surface area (Å²) < 4.78 is 11.4. The van der Waals surface area contributed by atoms with Gasteiger partial charge in [0.2, 0.25) is 0 Å². The quantitative estimate of drug-likeness (QED) is 0.743. The summed E-state index contributed by atoms with van der Waals surface area (Å²) in [6.45, 7) is 3.35. The summed E-state index contributed by atoms with van der Waals surface area (Å²) in [5.74, 6) is 0.783. The molecule has 1 atom stereocenters. The van der Waals surface area contributed by atoms with E-state index in [1.165, 1.54) is 5.56 Å². The van der Waals surface area contributed by atoms with E-state index in [2.05, 4.69) is 18.2 Å². The third-order valence-corrected chi connectivity index (χ3v) is 2.86. The van der Waals surface area contributed by atoms with Gasteiger partial charge in [0.1, 0.15) is 5.75 Å². The Labute approximate surface area is 115 Å². The van der Waals surface area contributed by atoms with Crippen LogP contribution in [0, 0.1) is 6.07 Å². The maximum absolute atomic E-state index is 5.78. The Bertz CT molecular complexity index is 453. The zero-order chi connectivity index (χ0) is 13.3. The largest absolute Gasteiger partial charge is 0.493 e. The SMILES string of the molecule is CCOC(CCOc1[c]cccc1)c1ccccc1. The van der Waals surface area contributed by atoms with Gasteiger partial charge in [0, 0.05) is 19.1 Å². The van der Waals surface area contributed by atoms with Gasteiger partial charge in [-0.2, -0.15) is 0 Å². The molecule has 0 aliphatic heterocycles. The first kappa shape index (κ1) is 13.6. The Hall–Kier alpha value is -1.80. The minimum Gasteiger partial charge on any atom is -0.493 e. The van der Waals surface area contributed by atoms with Crippen LogP contribution in [0.25, 0.3) is 0 Å². The molecular weight excluding hydrogens is 236 g/mol. The van der Waals surface area contributed by atoms with Crippen molar-refractivity contribution in [2.24, 2.45) is 0 Å². The maximum atomic E-state index is 5.78. The number of rotatable bonds is 7. The Morgan fingerprint density at radius 1 is 1.05 bits per heavy atom. The summed E-state index contributed by atoms with van der Waals surface area (Å²) in [5.41, 5.74) is 1.20. The van der Waals surface area contributed by atoms with Crippen LogP contribution in [0.5, 0.6) is 5.75 Å². The first-order valence-electron chi connectivity index (χ1n) is 6.66. The third-order valence-electron chi connectivity index (χ3n) is 2.86. The van der Waals surface area contributed by atoms with Crippen LogP contribution in [0.15, 0.2) is 54.6 Å². The molecular formula is C17H19O2. The molecule has 0 heterocycles. The predicted octanol–water partition coefficient (Wildman–Crippen LogP) is 4.03. The zero-order valence-corrected chi connectivity index (χ0v) is 11.2. The highest BCUT2D eigenvalue weighted by Crippen LogP contribution is 2.21. The maximum Gasteiger partial charge on any atom is 0.127 e. The molecule has 0 aliphatic carbocycles. The van der Waals surface area contributed by atoms with Crippen molar-refractivity contribution in [3.63, 3.8) is 0 Å². The molecule has 2 aromatic rings. The average Bonchev–Trinajstić information content (AvgIpc) is 2.48. The van der Waals surface area contributed by atoms with E-state index in [1.54, 1.807) is 0 Å². The monoisotopic (exact) mass is 255 g/mol. The van der Waals surface area contributed by atoms with Gasteiger partial charge in [0.15, 0.2) is 0 Å². The molecule has 19 heavy (non-hydrogen) atoms. The summed E-state index contributed by atoms with van der Waals surface area (Å²) in [6.07, 6.45) is 0.926. The fraction of sp³-hybridized carbons (Fsp3) is 0.294. The molecule has 0 saturated carbocycles. The van der Waals surface area contributed by atoms with Crippen molar-refractivity contribution >= 4 is 0 Å². The van der Waals surface area contributed by atoms with Gasteiger partial charge in [-0.3, -0.25) is 0 Å². The van der Waals surface area contributed by atoms with Crippen molar-refractivity contribution in [1.29, 1.82) is 0 Å². The molecule has 0 aromatic heterocycles. The van der Waals surface area contributed by atoms with E-state index in [0.29, 0.717) is 13.2 Å². The molecule has 2 nitrogen and oxygen atoms in total. The molecule has 0 amide bonds. The molecule has 0 N–H and O–H groups in total. The molecule has 99 valence electrons. The average molecular weight is 255 g/mol. The number of benzene rings is 2. The van der Waals surface area contributed by atoms with Crippen molar-refractivity contribution < 1.29 is 9.47 Å². The van der Waals surface area contributed by atoms with E-state index in [1.807, 2.05) is 49.4 Å². The molecule has 1 radical (unpaired) electrons. The fourth-order valence-corrected chi connectivity index (χ4v) is 1.96. The molecule has 0 bridgehead atoms. The van der Waals surface area contributed by atoms with Crippen LogP contribution in [-0.2, 0) is 4.74 Å². The van der Waals surface area contributed by atoms with E-state index in [4.69, 9.17) is 9.47 Å². The van der Waals surface area contributed by atoms with Crippen LogP contribution in [0.2, 0.25) is 0 Å². The van der Waals surface area contributed by atoms with Crippen molar-refractivity contribution in [2.45, 2.75) is 19.4 Å². The molecule has 0 fully saturated rings. The molecule has 2 aromatic carbocycles. The van der Waals surface area contributed by atoms with Crippen LogP contribution in [0.3, 0.4) is 0 Å². The van der Waals surface area contributed by atoms with Gasteiger partial charge in [0.25, 0.3) is 0 Å². The van der Waals surface area contributed by atoms with Crippen LogP contribution < -0.4 is 4.74 Å². The topological polar surface area (TPSA) is 18.5 Å². The lowest BCUT2D eigenvalue weighted by molar-refractivity contribution is 0.0458. The van der Waals surface area contributed by atoms with Gasteiger partial charge in [-0.25, -0.2) is 0 Å². The Balaban J connectivity index is 1.87. The standard InChI is InChI=1S/C17H19O2/c1-2-18-17(15-9-5-3-6-10-15)13-14-19-16-11-7-4-8-12-16/h3-11,17H,2,13-14H2,1H3. The van der Waals surface area contributed by atoms with Gasteiger partial charge in [0.05, 0.1) is 12.7 Å². The predicted molar refractivity (Wildman–Crippen MR) is 76.2 cm³/mol. The second-order valence-electron chi connectivity index (χ2n) is 4.22. The van der Waals surface area contributed by atoms with Crippen LogP contribution >= 0.6 is 0 Å². The van der Waals surface area contributed by atoms with Gasteiger partial charge in [-0.1, -0.05) is 48.5 Å². The highest BCUT2D eigenvalue weighted by atomic mass is 16.5. The third kappa shape index (κ3) is 4.42. The van der Waals surface area contributed by atoms with Crippen molar-refractivity contribution in [3.05, 3.63) is 66.2 Å². The molecule has 0 saturated heterocycles. The number of hydrogen-bond donors (Lipinski definition) is 0. The fourth-order valence-electron chi connectivity index (χ4n) is 1.96. The van der Waals surface area contributed by atoms with E-state index >= 15 is 0 Å². The van der Waals surface area contributed by atoms with E-state index in [9.17, 15) is 0 Å². The van der Waals surface area contributed by atoms with Gasteiger partial charge >= 0.3 is 0 Å². The second kappa shape index (κ2) is 7.59. The van der Waals surface area contributed by atoms with Gasteiger partial charge < -0.3 is 9.47 Å². The van der Waals surface area contributed by atoms with Crippen LogP contribution in [-0.4, -0.2) is 13.2 Å². The second-order valence-corrected chi connectivity index (χ2v) is 4.22. The normalized spacial score (nSPS) is 12.1. The Morgan fingerprint density at radius 3 is 2.53 bits per heavy atom. The molecule has 2 heteroatoms. The molecule has 0 aliphatic rings. The molecule has 2 rings (SSSR count). The lowest BCUT2D eigenvalue weighted by atomic mass is 10.1. The van der Waals surface area contributed by atoms with Crippen LogP contribution in [0.4, 0.5) is 0 Å². The minimum atomic E-state index is 0.0925. The van der Waals surface area contributed by atoms with Gasteiger partial charge in [-0.15, -0.1) is 0 Å². The lowest BCUT2D eigenvalue weighted by Crippen LogP contribution is -2.09. The number of para-hydroxylation sites is 1. The van der Waals surface area contributed by atoms with E-state index in [0.717, 1.165) is 12.2 Å². The summed E-state index contributed by atoms with van der Waals surface area (Å²) in [5, 5.41) is 0. The van der Waals surface area contributed by atoms with E-state index in [-0.39, 0.29) is 6.10 Å². The van der Waals surface area contributed by atoms with Crippen molar-refractivity contribution in [3.8, 4) is 5.75 Å². The van der Waals surface area contributed by atoms with Crippen LogP contribution in [0.1, 0.15) is 25.0 Å². The molecule has 1 unspecified atom stereocenters. The minimum absolute atomic E-state index is 0.0925. The summed E-state index contributed by atoms with van der Waals surface area (Å²) in [4.78, 5) is 0. The summed E-state index contributed by atoms with van der Waals surface area (Å²) >= 11 is 0. The highest BCUT2D eigenvalue weighted by molar-refractivity contribution is 5.20. The smallest absolute Gasteiger partial charge is 0.127 e. The van der Waals surface area contributed by atoms with E-state index < -0.39 is 0 Å². The first-order valence-corrected chi connectivity index (χ1v) is 6.66. The molecule has 0 spiro atoms. The van der Waals surface area contributed by atoms with Gasteiger partial charge in [-0.05, 0) is 18.6 Å². The summed E-state index contributed by atoms with van der Waals surface area (Å²) in [6, 6.07) is 21.0.